The van der Waals surface area contributed by atoms with Gasteiger partial charge in [0.1, 0.15) is 18.2 Å². The molecule has 218 valence electrons. The number of hydrogen-bond acceptors (Lipinski definition) is 11. The molecule has 1 fully saturated rings. The van der Waals surface area contributed by atoms with Gasteiger partial charge in [-0.25, -0.2) is 9.36 Å². The maximum absolute atomic E-state index is 13.9. The van der Waals surface area contributed by atoms with E-state index in [1.54, 1.807) is 30.3 Å². The number of nitrogens with one attached hydrogen (secondary N) is 2. The summed E-state index contributed by atoms with van der Waals surface area (Å²) in [6.45, 7) is 0.0994. The van der Waals surface area contributed by atoms with Gasteiger partial charge in [0, 0.05) is 17.2 Å². The molecule has 1 aromatic heterocycles. The minimum atomic E-state index is -4.73. The molecule has 18 heteroatoms. The first-order valence-electron chi connectivity index (χ1n) is 11.8. The van der Waals surface area contributed by atoms with Crippen LogP contribution in [0.25, 0.3) is 21.2 Å². The van der Waals surface area contributed by atoms with Gasteiger partial charge in [-0.2, -0.15) is 5.09 Å². The third kappa shape index (κ3) is 6.11. The molecule has 17 nitrogen and oxygen atoms in total. The molecule has 41 heavy (non-hydrogen) atoms. The van der Waals surface area contributed by atoms with E-state index in [-0.39, 0.29) is 11.5 Å². The summed E-state index contributed by atoms with van der Waals surface area (Å²) in [4.78, 5) is 39.8. The Morgan fingerprint density at radius 3 is 2.51 bits per heavy atom. The first kappa shape index (κ1) is 29.8. The van der Waals surface area contributed by atoms with Crippen LogP contribution < -0.4 is 25.6 Å². The quantitative estimate of drug-likeness (QED) is 0.0913. The summed E-state index contributed by atoms with van der Waals surface area (Å²) < 4.78 is 36.7. The lowest BCUT2D eigenvalue weighted by Crippen LogP contribution is -2.45. The summed E-state index contributed by atoms with van der Waals surface area (Å²) in [6, 6.07) is 9.59. The highest BCUT2D eigenvalue weighted by Crippen LogP contribution is 2.50. The van der Waals surface area contributed by atoms with E-state index < -0.39 is 61.8 Å². The molecule has 1 saturated heterocycles. The minimum Gasteiger partial charge on any atom is -0.493 e. The minimum absolute atomic E-state index is 0.108. The predicted molar refractivity (Wildman–Crippen MR) is 140 cm³/mol. The van der Waals surface area contributed by atoms with Crippen molar-refractivity contribution in [2.24, 2.45) is 5.11 Å². The van der Waals surface area contributed by atoms with Crippen LogP contribution in [0.2, 0.25) is 0 Å². The molecule has 0 bridgehead atoms. The van der Waals surface area contributed by atoms with Crippen LogP contribution in [0, 0.1) is 0 Å². The number of H-pyrrole nitrogens is 1. The number of rotatable bonds is 11. The number of nitrogens with zero attached hydrogens (tertiary/aromatic N) is 4. The number of carboxylic acid groups (broad SMARTS) is 1. The van der Waals surface area contributed by atoms with Crippen LogP contribution in [0.1, 0.15) is 13.2 Å². The number of hydrogen-bond donors (Lipinski definition) is 5. The van der Waals surface area contributed by atoms with Crippen LogP contribution in [-0.2, 0) is 18.6 Å². The second-order valence-electron chi connectivity index (χ2n) is 8.90. The van der Waals surface area contributed by atoms with E-state index in [2.05, 4.69) is 15.1 Å². The molecule has 2 aromatic carbocycles. The fourth-order valence-electron chi connectivity index (χ4n) is 4.05. The molecule has 1 aliphatic rings. The highest BCUT2D eigenvalue weighted by atomic mass is 31.2. The number of aliphatic hydroxyl groups excluding tert-OH is 2. The van der Waals surface area contributed by atoms with Crippen molar-refractivity contribution < 1.29 is 43.2 Å². The van der Waals surface area contributed by atoms with Gasteiger partial charge >= 0.3 is 19.4 Å². The van der Waals surface area contributed by atoms with Crippen LogP contribution >= 0.6 is 7.75 Å². The third-order valence-corrected chi connectivity index (χ3v) is 7.77. The van der Waals surface area contributed by atoms with Gasteiger partial charge in [0.25, 0.3) is 5.56 Å². The van der Waals surface area contributed by atoms with Crippen molar-refractivity contribution in [3.05, 3.63) is 79.9 Å². The average Bonchev–Trinajstić information content (AvgIpc) is 3.17. The van der Waals surface area contributed by atoms with Gasteiger partial charge in [-0.1, -0.05) is 29.4 Å². The van der Waals surface area contributed by atoms with Gasteiger partial charge in [-0.05, 0) is 35.4 Å². The van der Waals surface area contributed by atoms with Crippen molar-refractivity contribution >= 4 is 24.5 Å². The van der Waals surface area contributed by atoms with Crippen molar-refractivity contribution in [1.82, 2.24) is 14.6 Å². The van der Waals surface area contributed by atoms with Gasteiger partial charge < -0.3 is 29.3 Å². The van der Waals surface area contributed by atoms with Gasteiger partial charge in [0.05, 0.1) is 13.7 Å². The Hall–Kier alpha value is -4.21. The first-order chi connectivity index (χ1) is 19.4. The van der Waals surface area contributed by atoms with E-state index in [0.717, 1.165) is 29.1 Å². The third-order valence-electron chi connectivity index (χ3n) is 6.16. The zero-order valence-electron chi connectivity index (χ0n) is 21.5. The van der Waals surface area contributed by atoms with E-state index in [1.165, 1.54) is 13.2 Å². The van der Waals surface area contributed by atoms with E-state index in [4.69, 9.17) is 18.5 Å². The van der Waals surface area contributed by atoms with Crippen LogP contribution in [0.4, 0.5) is 0 Å². The molecule has 0 radical (unpaired) electrons. The van der Waals surface area contributed by atoms with Gasteiger partial charge in [0.2, 0.25) is 5.72 Å². The topological polar surface area (TPSA) is 247 Å². The molecular formula is C23H25N6O11P. The largest absolute Gasteiger partial charge is 0.493 e. The first-order valence-corrected chi connectivity index (χ1v) is 13.4. The molecular weight excluding hydrogens is 567 g/mol. The van der Waals surface area contributed by atoms with E-state index >= 15 is 0 Å². The molecule has 0 aliphatic carbocycles. The predicted octanol–water partition coefficient (Wildman–Crippen LogP) is 1.22. The fourth-order valence-corrected chi connectivity index (χ4v) is 5.57. The number of aromatic nitrogens is 2. The Labute approximate surface area is 230 Å². The molecule has 5 N–H and O–H groups in total. The lowest BCUT2D eigenvalue weighted by atomic mass is 10.1. The van der Waals surface area contributed by atoms with Crippen molar-refractivity contribution in [3.63, 3.8) is 0 Å². The smallest absolute Gasteiger partial charge is 0.459 e. The number of fused-ring (bicyclic) bond motifs is 1. The van der Waals surface area contributed by atoms with Crippen molar-refractivity contribution in [1.29, 1.82) is 0 Å². The number of carboxylic acids is 1. The summed E-state index contributed by atoms with van der Waals surface area (Å²) in [7, 11) is -3.40. The van der Waals surface area contributed by atoms with Crippen LogP contribution in [0.5, 0.6) is 11.5 Å². The number of carbonyl (C=O) groups is 1. The Morgan fingerprint density at radius 1 is 1.27 bits per heavy atom. The monoisotopic (exact) mass is 592 g/mol. The van der Waals surface area contributed by atoms with Crippen LogP contribution in [-0.4, -0.2) is 68.5 Å². The highest BCUT2D eigenvalue weighted by molar-refractivity contribution is 7.52. The Kier molecular flexibility index (Phi) is 8.51. The molecule has 0 spiro atoms. The van der Waals surface area contributed by atoms with Crippen molar-refractivity contribution in [2.45, 2.75) is 37.1 Å². The van der Waals surface area contributed by atoms with Crippen molar-refractivity contribution in [3.8, 4) is 11.5 Å². The van der Waals surface area contributed by atoms with E-state index in [0.29, 0.717) is 5.39 Å². The maximum Gasteiger partial charge on any atom is 0.459 e. The number of aromatic amines is 1. The Balaban J connectivity index is 1.70. The summed E-state index contributed by atoms with van der Waals surface area (Å²) in [5.74, 6) is -1.41. The zero-order chi connectivity index (χ0) is 29.9. The SMILES string of the molecule is COc1cc2ccccc2cc1OP(=O)(N[C@@H](C)C(=O)O)OC[C@@]1(N=[N+]=[N-])O[C@@H](n2ccc(=O)[nH]c2=O)[C@H](O)[C@@H]1O. The number of methoxy groups -OCH3 is 1. The molecule has 6 atom stereocenters. The zero-order valence-corrected chi connectivity index (χ0v) is 22.4. The van der Waals surface area contributed by atoms with E-state index in [1.807, 2.05) is 4.98 Å². The number of ether oxygens (including phenoxy) is 2. The molecule has 1 aliphatic heterocycles. The summed E-state index contributed by atoms with van der Waals surface area (Å²) in [6.07, 6.45) is -4.66. The molecule has 3 aromatic rings. The summed E-state index contributed by atoms with van der Waals surface area (Å²) in [5, 5.41) is 37.9. The molecule has 2 heterocycles. The second kappa shape index (κ2) is 11.7. The van der Waals surface area contributed by atoms with Crippen molar-refractivity contribution in [2.75, 3.05) is 13.7 Å². The lowest BCUT2D eigenvalue weighted by Gasteiger charge is -2.29. The standard InChI is InChI=1S/C23H25N6O11P/c1-12(21(33)34)26-41(36,40-16-10-14-6-4-3-5-13(14)9-15(16)37-2)38-11-23(27-28-24)19(32)18(31)20(39-23)29-8-7-17(30)25-22(29)35/h3-10,12,18-20,31-32H,11H2,1-2H3,(H,26,36)(H,33,34)(H,25,30,35)/t12-,18+,19-,20+,23+,41?/m0/s1. The highest BCUT2D eigenvalue weighted by Gasteiger charge is 2.56. The number of aliphatic carboxylic acids is 1. The molecule has 0 saturated carbocycles. The number of benzene rings is 2. The maximum atomic E-state index is 13.9. The lowest BCUT2D eigenvalue weighted by molar-refractivity contribution is -0.138. The normalized spacial score (nSPS) is 24.2. The fraction of sp³-hybridized carbons (Fsp3) is 0.348. The number of azide groups is 1. The van der Waals surface area contributed by atoms with E-state index in [9.17, 15) is 39.8 Å². The number of aliphatic hydroxyl groups is 2. The second-order valence-corrected chi connectivity index (χ2v) is 10.6. The summed E-state index contributed by atoms with van der Waals surface area (Å²) in [5.41, 5.74) is 4.95. The molecule has 0 amide bonds. The van der Waals surface area contributed by atoms with Gasteiger partial charge in [-0.15, -0.1) is 0 Å². The Bertz CT molecular complexity index is 1670. The molecule has 1 unspecified atom stereocenters. The molecule has 4 rings (SSSR count). The van der Waals surface area contributed by atoms with Gasteiger partial charge in [-0.3, -0.25) is 23.7 Å². The average molecular weight is 592 g/mol. The van der Waals surface area contributed by atoms with Crippen LogP contribution in [0.3, 0.4) is 0 Å². The van der Waals surface area contributed by atoms with Gasteiger partial charge in [0.15, 0.2) is 17.7 Å². The Morgan fingerprint density at radius 2 is 1.93 bits per heavy atom. The summed E-state index contributed by atoms with van der Waals surface area (Å²) >= 11 is 0. The van der Waals surface area contributed by atoms with Crippen LogP contribution in [0.15, 0.2) is 63.4 Å².